The molecule has 2 heterocycles. The Morgan fingerprint density at radius 3 is 2.55 bits per heavy atom. The molecule has 2 aliphatic heterocycles. The first kappa shape index (κ1) is 19.2. The quantitative estimate of drug-likeness (QED) is 0.794. The minimum Gasteiger partial charge on any atom is -0.484 e. The SMILES string of the molecule is O=C1CCc2cc(OCC(=O)N3CCC(C(=O)c4ccccc4)CC3)ccc2N1. The fourth-order valence-corrected chi connectivity index (χ4v) is 3.92. The highest BCUT2D eigenvalue weighted by Crippen LogP contribution is 2.27. The lowest BCUT2D eigenvalue weighted by Crippen LogP contribution is -2.42. The molecule has 4 rings (SSSR count). The number of hydrogen-bond acceptors (Lipinski definition) is 4. The Labute approximate surface area is 169 Å². The zero-order chi connectivity index (χ0) is 20.2. The van der Waals surface area contributed by atoms with Crippen LogP contribution in [0.1, 0.15) is 35.2 Å². The standard InChI is InChI=1S/C23H24N2O4/c26-21-9-6-18-14-19(7-8-20(18)24-21)29-15-22(27)25-12-10-17(11-13-25)23(28)16-4-2-1-3-5-16/h1-5,7-8,14,17H,6,9-13,15H2,(H,24,26). The van der Waals surface area contributed by atoms with E-state index in [-0.39, 0.29) is 30.1 Å². The topological polar surface area (TPSA) is 75.7 Å². The van der Waals surface area contributed by atoms with Gasteiger partial charge in [0.05, 0.1) is 0 Å². The van der Waals surface area contributed by atoms with Gasteiger partial charge in [-0.3, -0.25) is 14.4 Å². The monoisotopic (exact) mass is 392 g/mol. The fraction of sp³-hybridized carbons (Fsp3) is 0.348. The number of carbonyl (C=O) groups is 3. The van der Waals surface area contributed by atoms with Crippen LogP contribution < -0.4 is 10.1 Å². The van der Waals surface area contributed by atoms with Gasteiger partial charge in [0.25, 0.3) is 5.91 Å². The van der Waals surface area contributed by atoms with Gasteiger partial charge >= 0.3 is 0 Å². The minimum atomic E-state index is -0.0679. The van der Waals surface area contributed by atoms with E-state index < -0.39 is 0 Å². The van der Waals surface area contributed by atoms with Crippen molar-refractivity contribution < 1.29 is 19.1 Å². The molecule has 2 amide bonds. The maximum absolute atomic E-state index is 12.6. The summed E-state index contributed by atoms with van der Waals surface area (Å²) in [6.07, 6.45) is 2.50. The van der Waals surface area contributed by atoms with Crippen LogP contribution >= 0.6 is 0 Å². The van der Waals surface area contributed by atoms with Crippen LogP contribution in [0.15, 0.2) is 48.5 Å². The molecule has 29 heavy (non-hydrogen) atoms. The van der Waals surface area contributed by atoms with Crippen LogP contribution in [-0.4, -0.2) is 42.2 Å². The number of piperidine rings is 1. The Morgan fingerprint density at radius 2 is 1.79 bits per heavy atom. The molecule has 2 aromatic carbocycles. The van der Waals surface area contributed by atoms with Gasteiger partial charge in [0.1, 0.15) is 5.75 Å². The Morgan fingerprint density at radius 1 is 1.03 bits per heavy atom. The van der Waals surface area contributed by atoms with Crippen LogP contribution in [0.3, 0.4) is 0 Å². The first-order valence-corrected chi connectivity index (χ1v) is 10.0. The van der Waals surface area contributed by atoms with Crippen molar-refractivity contribution in [2.24, 2.45) is 5.92 Å². The number of amides is 2. The molecule has 0 saturated carbocycles. The van der Waals surface area contributed by atoms with E-state index in [4.69, 9.17) is 4.74 Å². The van der Waals surface area contributed by atoms with Gasteiger partial charge in [0, 0.05) is 36.7 Å². The highest BCUT2D eigenvalue weighted by Gasteiger charge is 2.28. The van der Waals surface area contributed by atoms with Gasteiger partial charge in [-0.15, -0.1) is 0 Å². The number of rotatable bonds is 5. The predicted octanol–water partition coefficient (Wildman–Crippen LogP) is 3.07. The summed E-state index contributed by atoms with van der Waals surface area (Å²) < 4.78 is 5.69. The zero-order valence-electron chi connectivity index (χ0n) is 16.2. The van der Waals surface area contributed by atoms with Gasteiger partial charge in [-0.2, -0.15) is 0 Å². The van der Waals surface area contributed by atoms with E-state index in [1.807, 2.05) is 42.5 Å². The third-order valence-corrected chi connectivity index (χ3v) is 5.61. The number of likely N-dealkylation sites (tertiary alicyclic amines) is 1. The smallest absolute Gasteiger partial charge is 0.260 e. The molecule has 1 fully saturated rings. The molecular weight excluding hydrogens is 368 g/mol. The van der Waals surface area contributed by atoms with Crippen LogP contribution in [0.5, 0.6) is 5.75 Å². The lowest BCUT2D eigenvalue weighted by atomic mass is 9.89. The van der Waals surface area contributed by atoms with E-state index in [9.17, 15) is 14.4 Å². The lowest BCUT2D eigenvalue weighted by molar-refractivity contribution is -0.134. The van der Waals surface area contributed by atoms with Crippen molar-refractivity contribution in [2.75, 3.05) is 25.0 Å². The molecule has 0 aromatic heterocycles. The second-order valence-electron chi connectivity index (χ2n) is 7.54. The van der Waals surface area contributed by atoms with Gasteiger partial charge in [0.15, 0.2) is 12.4 Å². The third kappa shape index (κ3) is 4.47. The summed E-state index contributed by atoms with van der Waals surface area (Å²) in [4.78, 5) is 38.3. The van der Waals surface area contributed by atoms with E-state index >= 15 is 0 Å². The molecule has 2 aromatic rings. The van der Waals surface area contributed by atoms with Crippen LogP contribution in [0, 0.1) is 5.92 Å². The molecule has 6 heteroatoms. The van der Waals surface area contributed by atoms with E-state index in [0.717, 1.165) is 16.8 Å². The molecule has 0 radical (unpaired) electrons. The number of ether oxygens (including phenoxy) is 1. The highest BCUT2D eigenvalue weighted by atomic mass is 16.5. The van der Waals surface area contributed by atoms with Crippen molar-refractivity contribution in [3.63, 3.8) is 0 Å². The highest BCUT2D eigenvalue weighted by molar-refractivity contribution is 5.98. The zero-order valence-corrected chi connectivity index (χ0v) is 16.2. The molecule has 2 aliphatic rings. The van der Waals surface area contributed by atoms with Crippen molar-refractivity contribution >= 4 is 23.3 Å². The van der Waals surface area contributed by atoms with E-state index in [0.29, 0.717) is 44.5 Å². The Kier molecular flexibility index (Phi) is 5.60. The number of aryl methyl sites for hydroxylation is 1. The Balaban J connectivity index is 1.27. The first-order valence-electron chi connectivity index (χ1n) is 10.0. The molecule has 150 valence electrons. The lowest BCUT2D eigenvalue weighted by Gasteiger charge is -2.31. The maximum Gasteiger partial charge on any atom is 0.260 e. The van der Waals surface area contributed by atoms with Gasteiger partial charge in [0.2, 0.25) is 5.91 Å². The Hall–Kier alpha value is -3.15. The summed E-state index contributed by atoms with van der Waals surface area (Å²) in [6.45, 7) is 1.12. The maximum atomic E-state index is 12.6. The summed E-state index contributed by atoms with van der Waals surface area (Å²) in [6, 6.07) is 14.8. The molecular formula is C23H24N2O4. The number of fused-ring (bicyclic) bond motifs is 1. The number of nitrogens with zero attached hydrogens (tertiary/aromatic N) is 1. The number of anilines is 1. The van der Waals surface area contributed by atoms with E-state index in [2.05, 4.69) is 5.32 Å². The summed E-state index contributed by atoms with van der Waals surface area (Å²) in [7, 11) is 0. The Bertz CT molecular complexity index is 918. The van der Waals surface area contributed by atoms with Crippen molar-refractivity contribution in [2.45, 2.75) is 25.7 Å². The minimum absolute atomic E-state index is 0.0236. The fourth-order valence-electron chi connectivity index (χ4n) is 3.92. The van der Waals surface area contributed by atoms with Crippen molar-refractivity contribution in [1.82, 2.24) is 4.90 Å². The third-order valence-electron chi connectivity index (χ3n) is 5.61. The average molecular weight is 392 g/mol. The van der Waals surface area contributed by atoms with Crippen molar-refractivity contribution in [3.05, 3.63) is 59.7 Å². The van der Waals surface area contributed by atoms with Crippen LogP contribution in [0.2, 0.25) is 0 Å². The van der Waals surface area contributed by atoms with Crippen molar-refractivity contribution in [1.29, 1.82) is 0 Å². The summed E-state index contributed by atoms with van der Waals surface area (Å²) in [5, 5.41) is 2.83. The molecule has 1 saturated heterocycles. The number of hydrogen-bond donors (Lipinski definition) is 1. The number of nitrogens with one attached hydrogen (secondary N) is 1. The molecule has 6 nitrogen and oxygen atoms in total. The average Bonchev–Trinajstić information content (AvgIpc) is 2.77. The number of benzene rings is 2. The molecule has 0 atom stereocenters. The van der Waals surface area contributed by atoms with Crippen LogP contribution in [0.4, 0.5) is 5.69 Å². The summed E-state index contributed by atoms with van der Waals surface area (Å²) >= 11 is 0. The normalized spacial score (nSPS) is 16.7. The largest absolute Gasteiger partial charge is 0.484 e. The number of ketones is 1. The predicted molar refractivity (Wildman–Crippen MR) is 109 cm³/mol. The second-order valence-corrected chi connectivity index (χ2v) is 7.54. The van der Waals surface area contributed by atoms with Crippen LogP contribution in [-0.2, 0) is 16.0 Å². The molecule has 0 aliphatic carbocycles. The molecule has 0 bridgehead atoms. The van der Waals surface area contributed by atoms with Gasteiger partial charge < -0.3 is 15.0 Å². The van der Waals surface area contributed by atoms with E-state index in [1.54, 1.807) is 11.0 Å². The summed E-state index contributed by atoms with van der Waals surface area (Å²) in [5.41, 5.74) is 2.57. The van der Waals surface area contributed by atoms with E-state index in [1.165, 1.54) is 0 Å². The van der Waals surface area contributed by atoms with Gasteiger partial charge in [-0.1, -0.05) is 30.3 Å². The summed E-state index contributed by atoms with van der Waals surface area (Å²) in [5.74, 6) is 0.716. The van der Waals surface area contributed by atoms with Crippen LogP contribution in [0.25, 0.3) is 0 Å². The first-order chi connectivity index (χ1) is 14.1. The van der Waals surface area contributed by atoms with Gasteiger partial charge in [-0.05, 0) is 43.0 Å². The molecule has 0 unspecified atom stereocenters. The van der Waals surface area contributed by atoms with Gasteiger partial charge in [-0.25, -0.2) is 0 Å². The second kappa shape index (κ2) is 8.47. The number of carbonyl (C=O) groups excluding carboxylic acids is 3. The van der Waals surface area contributed by atoms with Crippen molar-refractivity contribution in [3.8, 4) is 5.75 Å². The molecule has 0 spiro atoms. The molecule has 1 N–H and O–H groups in total. The number of Topliss-reactive ketones (excluding diaryl/α,β-unsaturated/α-hetero) is 1.